The van der Waals surface area contributed by atoms with E-state index in [-0.39, 0.29) is 5.75 Å². The van der Waals surface area contributed by atoms with Gasteiger partial charge in [-0.1, -0.05) is 11.8 Å². The second-order valence-electron chi connectivity index (χ2n) is 3.94. The molecule has 0 spiro atoms. The molecule has 0 radical (unpaired) electrons. The van der Waals surface area contributed by atoms with Crippen molar-refractivity contribution in [2.45, 2.75) is 31.6 Å². The topological polar surface area (TPSA) is 84.1 Å². The van der Waals surface area contributed by atoms with Crippen LogP contribution in [-0.2, 0) is 11.3 Å². The summed E-state index contributed by atoms with van der Waals surface area (Å²) in [5.74, 6) is -0.899. The second kappa shape index (κ2) is 6.55. The van der Waals surface area contributed by atoms with Crippen molar-refractivity contribution in [2.75, 3.05) is 19.3 Å². The smallest absolute Gasteiger partial charge is 0.313 e. The van der Waals surface area contributed by atoms with Crippen LogP contribution in [0.1, 0.15) is 13.8 Å². The molecule has 0 atom stereocenters. The van der Waals surface area contributed by atoms with E-state index in [1.165, 1.54) is 0 Å². The number of likely N-dealkylation sites (N-methyl/N-ethyl adjacent to an activating group) is 1. The van der Waals surface area contributed by atoms with Gasteiger partial charge in [-0.25, -0.2) is 4.68 Å². The van der Waals surface area contributed by atoms with E-state index in [2.05, 4.69) is 34.3 Å². The Hall–Kier alpha value is -1.15. The van der Waals surface area contributed by atoms with Gasteiger partial charge in [0.1, 0.15) is 0 Å². The predicted molar refractivity (Wildman–Crippen MR) is 63.9 cm³/mol. The van der Waals surface area contributed by atoms with E-state index in [1.54, 1.807) is 4.68 Å². The normalized spacial score (nSPS) is 11.4. The molecular weight excluding hydrogens is 242 g/mol. The van der Waals surface area contributed by atoms with Crippen LogP contribution in [0.15, 0.2) is 5.16 Å². The number of nitrogens with zero attached hydrogens (tertiary/aromatic N) is 5. The zero-order valence-electron chi connectivity index (χ0n) is 10.2. The Bertz CT molecular complexity index is 368. The van der Waals surface area contributed by atoms with Gasteiger partial charge in [-0.2, -0.15) is 0 Å². The minimum Gasteiger partial charge on any atom is -0.481 e. The highest BCUT2D eigenvalue weighted by Crippen LogP contribution is 2.12. The van der Waals surface area contributed by atoms with Crippen LogP contribution in [0.4, 0.5) is 0 Å². The number of hydrogen-bond donors (Lipinski definition) is 1. The summed E-state index contributed by atoms with van der Waals surface area (Å²) in [6.07, 6.45) is 0. The van der Waals surface area contributed by atoms with Gasteiger partial charge in [0.25, 0.3) is 0 Å². The van der Waals surface area contributed by atoms with Crippen LogP contribution in [0.25, 0.3) is 0 Å². The average Bonchev–Trinajstić information content (AvgIpc) is 2.70. The van der Waals surface area contributed by atoms with Crippen molar-refractivity contribution in [1.29, 1.82) is 0 Å². The highest BCUT2D eigenvalue weighted by atomic mass is 32.2. The Morgan fingerprint density at radius 3 is 2.88 bits per heavy atom. The van der Waals surface area contributed by atoms with Crippen LogP contribution in [0.5, 0.6) is 0 Å². The quantitative estimate of drug-likeness (QED) is 0.700. The Balaban J connectivity index is 2.48. The van der Waals surface area contributed by atoms with E-state index >= 15 is 0 Å². The molecule has 0 aromatic carbocycles. The lowest BCUT2D eigenvalue weighted by atomic mass is 10.3. The molecule has 0 unspecified atom stereocenters. The van der Waals surface area contributed by atoms with Crippen LogP contribution in [0.2, 0.25) is 0 Å². The second-order valence-corrected chi connectivity index (χ2v) is 4.88. The van der Waals surface area contributed by atoms with Gasteiger partial charge < -0.3 is 10.0 Å². The first-order valence-corrected chi connectivity index (χ1v) is 6.30. The molecule has 7 nitrogen and oxygen atoms in total. The maximum Gasteiger partial charge on any atom is 0.313 e. The summed E-state index contributed by atoms with van der Waals surface area (Å²) in [5, 5.41) is 20.3. The van der Waals surface area contributed by atoms with Crippen molar-refractivity contribution in [3.05, 3.63) is 0 Å². The minimum absolute atomic E-state index is 0.0274. The molecule has 1 N–H and O–H groups in total. The molecule has 0 aliphatic rings. The maximum absolute atomic E-state index is 10.5. The number of aromatic nitrogens is 4. The molecule has 0 fully saturated rings. The number of thioether (sulfide) groups is 1. The monoisotopic (exact) mass is 259 g/mol. The van der Waals surface area contributed by atoms with E-state index in [1.807, 2.05) is 7.05 Å². The largest absolute Gasteiger partial charge is 0.481 e. The zero-order valence-corrected chi connectivity index (χ0v) is 11.0. The van der Waals surface area contributed by atoms with Crippen molar-refractivity contribution in [2.24, 2.45) is 0 Å². The number of carboxylic acids is 1. The summed E-state index contributed by atoms with van der Waals surface area (Å²) in [4.78, 5) is 12.6. The summed E-state index contributed by atoms with van der Waals surface area (Å²) in [6.45, 7) is 5.70. The lowest BCUT2D eigenvalue weighted by molar-refractivity contribution is -0.133. The Labute approximate surface area is 104 Å². The molecule has 0 saturated carbocycles. The summed E-state index contributed by atoms with van der Waals surface area (Å²) in [7, 11) is 2.03. The molecule has 0 amide bonds. The van der Waals surface area contributed by atoms with Gasteiger partial charge in [0.2, 0.25) is 5.16 Å². The molecule has 0 bridgehead atoms. The molecule has 96 valence electrons. The van der Waals surface area contributed by atoms with Crippen molar-refractivity contribution in [3.8, 4) is 0 Å². The van der Waals surface area contributed by atoms with Gasteiger partial charge in [-0.05, 0) is 31.3 Å². The molecular formula is C9H17N5O2S. The van der Waals surface area contributed by atoms with Crippen LogP contribution in [0, 0.1) is 0 Å². The molecule has 1 heterocycles. The minimum atomic E-state index is -0.871. The molecule has 1 aromatic rings. The number of carbonyl (C=O) groups is 1. The molecule has 0 aliphatic carbocycles. The Morgan fingerprint density at radius 1 is 1.59 bits per heavy atom. The number of aliphatic carboxylic acids is 1. The van der Waals surface area contributed by atoms with Crippen molar-refractivity contribution in [1.82, 2.24) is 25.1 Å². The van der Waals surface area contributed by atoms with E-state index in [0.29, 0.717) is 17.7 Å². The first-order chi connectivity index (χ1) is 8.00. The van der Waals surface area contributed by atoms with Crippen molar-refractivity contribution in [3.63, 3.8) is 0 Å². The Kier molecular flexibility index (Phi) is 5.36. The van der Waals surface area contributed by atoms with Crippen molar-refractivity contribution < 1.29 is 9.90 Å². The first-order valence-electron chi connectivity index (χ1n) is 5.31. The standard InChI is InChI=1S/C9H17N5O2S/c1-7(2)13(3)4-5-14-9(10-11-12-14)17-6-8(15)16/h7H,4-6H2,1-3H3,(H,15,16). The highest BCUT2D eigenvalue weighted by molar-refractivity contribution is 7.99. The fourth-order valence-corrected chi connectivity index (χ4v) is 1.70. The number of hydrogen-bond acceptors (Lipinski definition) is 6. The van der Waals surface area contributed by atoms with Gasteiger partial charge in [-0.15, -0.1) is 5.10 Å². The maximum atomic E-state index is 10.5. The molecule has 1 rings (SSSR count). The third-order valence-electron chi connectivity index (χ3n) is 2.37. The van der Waals surface area contributed by atoms with Crippen LogP contribution in [0.3, 0.4) is 0 Å². The van der Waals surface area contributed by atoms with Gasteiger partial charge in [0.15, 0.2) is 0 Å². The van der Waals surface area contributed by atoms with Gasteiger partial charge in [0, 0.05) is 12.6 Å². The molecule has 17 heavy (non-hydrogen) atoms. The fourth-order valence-electron chi connectivity index (χ4n) is 1.08. The predicted octanol–water partition coefficient (Wildman–Crippen LogP) is 0.190. The van der Waals surface area contributed by atoms with Crippen LogP contribution >= 0.6 is 11.8 Å². The fraction of sp³-hybridized carbons (Fsp3) is 0.778. The van der Waals surface area contributed by atoms with E-state index < -0.39 is 5.97 Å². The van der Waals surface area contributed by atoms with Crippen LogP contribution < -0.4 is 0 Å². The van der Waals surface area contributed by atoms with Gasteiger partial charge in [0.05, 0.1) is 12.3 Å². The van der Waals surface area contributed by atoms with Crippen LogP contribution in [-0.4, -0.2) is 61.6 Å². The van der Waals surface area contributed by atoms with E-state index in [0.717, 1.165) is 18.3 Å². The van der Waals surface area contributed by atoms with Gasteiger partial charge in [-0.3, -0.25) is 4.79 Å². The summed E-state index contributed by atoms with van der Waals surface area (Å²) in [6, 6.07) is 0.460. The number of tetrazole rings is 1. The highest BCUT2D eigenvalue weighted by Gasteiger charge is 2.10. The molecule has 8 heteroatoms. The summed E-state index contributed by atoms with van der Waals surface area (Å²) < 4.78 is 1.63. The summed E-state index contributed by atoms with van der Waals surface area (Å²) >= 11 is 1.13. The SMILES string of the molecule is CC(C)N(C)CCn1nnnc1SCC(=O)O. The third kappa shape index (κ3) is 4.70. The average molecular weight is 259 g/mol. The summed E-state index contributed by atoms with van der Waals surface area (Å²) in [5.41, 5.74) is 0. The Morgan fingerprint density at radius 2 is 2.29 bits per heavy atom. The van der Waals surface area contributed by atoms with E-state index in [9.17, 15) is 4.79 Å². The van der Waals surface area contributed by atoms with Gasteiger partial charge >= 0.3 is 5.97 Å². The first kappa shape index (κ1) is 13.9. The third-order valence-corrected chi connectivity index (χ3v) is 3.31. The molecule has 0 aliphatic heterocycles. The van der Waals surface area contributed by atoms with E-state index in [4.69, 9.17) is 5.11 Å². The zero-order chi connectivity index (χ0) is 12.8. The lowest BCUT2D eigenvalue weighted by Gasteiger charge is -2.20. The number of rotatable bonds is 7. The molecule has 0 saturated heterocycles. The lowest BCUT2D eigenvalue weighted by Crippen LogP contribution is -2.30. The van der Waals surface area contributed by atoms with Crippen molar-refractivity contribution >= 4 is 17.7 Å². The molecule has 1 aromatic heterocycles. The number of carboxylic acid groups (broad SMARTS) is 1.